The molecule has 1 unspecified atom stereocenters. The fourth-order valence-corrected chi connectivity index (χ4v) is 3.69. The molecule has 1 rings (SSSR count). The fraction of sp³-hybridized carbons (Fsp3) is 0.600. The summed E-state index contributed by atoms with van der Waals surface area (Å²) in [6.07, 6.45) is 0.933. The molecule has 0 aromatic heterocycles. The van der Waals surface area contributed by atoms with E-state index in [4.69, 9.17) is 11.6 Å². The summed E-state index contributed by atoms with van der Waals surface area (Å²) in [6, 6.07) is 3.33. The first kappa shape index (κ1) is 18.4. The SMILES string of the molecule is CCNCc1cc(Cl)cc(S(=O)(=O)NCC(C)CC)c1C. The van der Waals surface area contributed by atoms with Crippen molar-refractivity contribution in [1.82, 2.24) is 10.0 Å². The van der Waals surface area contributed by atoms with Crippen LogP contribution in [-0.4, -0.2) is 21.5 Å². The maximum absolute atomic E-state index is 12.5. The monoisotopic (exact) mass is 332 g/mol. The molecule has 0 bridgehead atoms. The normalized spacial score (nSPS) is 13.4. The van der Waals surface area contributed by atoms with Crippen LogP contribution in [0, 0.1) is 12.8 Å². The van der Waals surface area contributed by atoms with Crippen LogP contribution in [0.4, 0.5) is 0 Å². The van der Waals surface area contributed by atoms with Gasteiger partial charge in [-0.1, -0.05) is 38.8 Å². The number of hydrogen-bond acceptors (Lipinski definition) is 3. The quantitative estimate of drug-likeness (QED) is 0.769. The molecule has 4 nitrogen and oxygen atoms in total. The minimum Gasteiger partial charge on any atom is -0.313 e. The van der Waals surface area contributed by atoms with Crippen molar-refractivity contribution in [1.29, 1.82) is 0 Å². The first-order valence-electron chi connectivity index (χ1n) is 7.31. The Morgan fingerprint density at radius 1 is 1.29 bits per heavy atom. The van der Waals surface area contributed by atoms with Gasteiger partial charge in [0.2, 0.25) is 10.0 Å². The third-order valence-corrected chi connectivity index (χ3v) is 5.37. The highest BCUT2D eigenvalue weighted by Crippen LogP contribution is 2.24. The van der Waals surface area contributed by atoms with Gasteiger partial charge in [-0.2, -0.15) is 0 Å². The van der Waals surface area contributed by atoms with E-state index < -0.39 is 10.0 Å². The molecule has 0 saturated carbocycles. The van der Waals surface area contributed by atoms with Crippen molar-refractivity contribution in [3.8, 4) is 0 Å². The zero-order chi connectivity index (χ0) is 16.0. The molecule has 1 atom stereocenters. The van der Waals surface area contributed by atoms with Gasteiger partial charge in [0.25, 0.3) is 0 Å². The van der Waals surface area contributed by atoms with Gasteiger partial charge < -0.3 is 5.32 Å². The largest absolute Gasteiger partial charge is 0.313 e. The van der Waals surface area contributed by atoms with Gasteiger partial charge in [-0.3, -0.25) is 0 Å². The van der Waals surface area contributed by atoms with Crippen LogP contribution < -0.4 is 10.0 Å². The van der Waals surface area contributed by atoms with Gasteiger partial charge in [-0.15, -0.1) is 0 Å². The predicted octanol–water partition coefficient (Wildman–Crippen LogP) is 3.08. The molecule has 0 aliphatic heterocycles. The van der Waals surface area contributed by atoms with E-state index in [1.54, 1.807) is 0 Å². The minimum absolute atomic E-state index is 0.270. The van der Waals surface area contributed by atoms with E-state index >= 15 is 0 Å². The molecule has 2 N–H and O–H groups in total. The zero-order valence-corrected chi connectivity index (χ0v) is 14.7. The van der Waals surface area contributed by atoms with E-state index in [-0.39, 0.29) is 4.90 Å². The van der Waals surface area contributed by atoms with Crippen molar-refractivity contribution in [3.05, 3.63) is 28.3 Å². The molecule has 0 aliphatic rings. The van der Waals surface area contributed by atoms with Gasteiger partial charge in [0.05, 0.1) is 4.90 Å². The highest BCUT2D eigenvalue weighted by Gasteiger charge is 2.20. The molecule has 0 fully saturated rings. The van der Waals surface area contributed by atoms with E-state index in [0.29, 0.717) is 24.0 Å². The number of hydrogen-bond donors (Lipinski definition) is 2. The Balaban J connectivity index is 3.08. The maximum Gasteiger partial charge on any atom is 0.240 e. The Morgan fingerprint density at radius 3 is 2.52 bits per heavy atom. The third kappa shape index (κ3) is 5.25. The van der Waals surface area contributed by atoms with Gasteiger partial charge in [0.1, 0.15) is 0 Å². The smallest absolute Gasteiger partial charge is 0.240 e. The molecule has 0 spiro atoms. The lowest BCUT2D eigenvalue weighted by Crippen LogP contribution is -2.29. The molecule has 0 heterocycles. The summed E-state index contributed by atoms with van der Waals surface area (Å²) in [4.78, 5) is 0.270. The summed E-state index contributed by atoms with van der Waals surface area (Å²) < 4.78 is 27.6. The number of nitrogens with one attached hydrogen (secondary N) is 2. The summed E-state index contributed by atoms with van der Waals surface area (Å²) in [5.41, 5.74) is 1.66. The second-order valence-electron chi connectivity index (χ2n) is 5.33. The van der Waals surface area contributed by atoms with E-state index in [0.717, 1.165) is 24.1 Å². The number of sulfonamides is 1. The van der Waals surface area contributed by atoms with Gasteiger partial charge in [-0.25, -0.2) is 13.1 Å². The third-order valence-electron chi connectivity index (χ3n) is 3.61. The highest BCUT2D eigenvalue weighted by molar-refractivity contribution is 7.89. The molecule has 21 heavy (non-hydrogen) atoms. The Labute approximate surface area is 133 Å². The minimum atomic E-state index is -3.53. The van der Waals surface area contributed by atoms with Gasteiger partial charge >= 0.3 is 0 Å². The lowest BCUT2D eigenvalue weighted by Gasteiger charge is -2.15. The second kappa shape index (κ2) is 8.13. The average Bonchev–Trinajstić information content (AvgIpc) is 2.45. The topological polar surface area (TPSA) is 58.2 Å². The van der Waals surface area contributed by atoms with Crippen molar-refractivity contribution in [3.63, 3.8) is 0 Å². The van der Waals surface area contributed by atoms with Gasteiger partial charge in [0.15, 0.2) is 0 Å². The second-order valence-corrected chi connectivity index (χ2v) is 7.51. The summed E-state index contributed by atoms with van der Waals surface area (Å²) in [5.74, 6) is 0.306. The average molecular weight is 333 g/mol. The van der Waals surface area contributed by atoms with Crippen LogP contribution in [0.1, 0.15) is 38.3 Å². The van der Waals surface area contributed by atoms with E-state index in [1.165, 1.54) is 6.07 Å². The fourth-order valence-electron chi connectivity index (χ4n) is 1.90. The van der Waals surface area contributed by atoms with Crippen molar-refractivity contribution >= 4 is 21.6 Å². The highest BCUT2D eigenvalue weighted by atomic mass is 35.5. The van der Waals surface area contributed by atoms with Crippen molar-refractivity contribution in [2.45, 2.75) is 45.6 Å². The number of rotatable bonds is 8. The first-order valence-corrected chi connectivity index (χ1v) is 9.17. The lowest BCUT2D eigenvalue weighted by molar-refractivity contribution is 0.528. The number of benzene rings is 1. The molecule has 6 heteroatoms. The van der Waals surface area contributed by atoms with Crippen LogP contribution in [0.25, 0.3) is 0 Å². The summed E-state index contributed by atoms with van der Waals surface area (Å²) >= 11 is 6.08. The maximum atomic E-state index is 12.5. The van der Waals surface area contributed by atoms with Crippen molar-refractivity contribution in [2.24, 2.45) is 5.92 Å². The Bertz CT molecular complexity index is 573. The van der Waals surface area contributed by atoms with Crippen LogP contribution in [-0.2, 0) is 16.6 Å². The predicted molar refractivity (Wildman–Crippen MR) is 88.2 cm³/mol. The Morgan fingerprint density at radius 2 is 1.95 bits per heavy atom. The van der Waals surface area contributed by atoms with Crippen LogP contribution in [0.15, 0.2) is 17.0 Å². The Kier molecular flexibility index (Phi) is 7.13. The van der Waals surface area contributed by atoms with Gasteiger partial charge in [0, 0.05) is 18.1 Å². The van der Waals surface area contributed by atoms with Crippen LogP contribution >= 0.6 is 11.6 Å². The molecular formula is C15H25ClN2O2S. The summed E-state index contributed by atoms with van der Waals surface area (Å²) in [6.45, 7) is 9.75. The Hall–Kier alpha value is -0.620. The van der Waals surface area contributed by atoms with E-state index in [9.17, 15) is 8.42 Å². The summed E-state index contributed by atoms with van der Waals surface area (Å²) in [7, 11) is -3.53. The van der Waals surface area contributed by atoms with E-state index in [2.05, 4.69) is 10.0 Å². The lowest BCUT2D eigenvalue weighted by atomic mass is 10.1. The van der Waals surface area contributed by atoms with Crippen molar-refractivity contribution in [2.75, 3.05) is 13.1 Å². The standard InChI is InChI=1S/C15H25ClN2O2S/c1-5-11(3)9-18-21(19,20)15-8-14(16)7-13(12(15)4)10-17-6-2/h7-8,11,17-18H,5-6,9-10H2,1-4H3. The summed E-state index contributed by atoms with van der Waals surface area (Å²) in [5, 5.41) is 3.64. The number of halogens is 1. The molecule has 0 radical (unpaired) electrons. The molecule has 120 valence electrons. The molecule has 0 aliphatic carbocycles. The van der Waals surface area contributed by atoms with Gasteiger partial charge in [-0.05, 0) is 42.6 Å². The van der Waals surface area contributed by atoms with Crippen LogP contribution in [0.3, 0.4) is 0 Å². The first-order chi connectivity index (χ1) is 9.81. The zero-order valence-electron chi connectivity index (χ0n) is 13.2. The van der Waals surface area contributed by atoms with Crippen LogP contribution in [0.2, 0.25) is 5.02 Å². The molecule has 1 aromatic rings. The van der Waals surface area contributed by atoms with E-state index in [1.807, 2.05) is 33.8 Å². The molecule has 0 amide bonds. The van der Waals surface area contributed by atoms with Crippen LogP contribution in [0.5, 0.6) is 0 Å². The molecular weight excluding hydrogens is 308 g/mol. The molecule has 0 saturated heterocycles. The van der Waals surface area contributed by atoms with Crippen molar-refractivity contribution < 1.29 is 8.42 Å². The molecule has 1 aromatic carbocycles.